The van der Waals surface area contributed by atoms with E-state index in [0.717, 1.165) is 61.1 Å². The van der Waals surface area contributed by atoms with Gasteiger partial charge in [-0.1, -0.05) is 218 Å². The summed E-state index contributed by atoms with van der Waals surface area (Å²) in [6.45, 7) is 0. The van der Waals surface area contributed by atoms with Crippen LogP contribution in [0.4, 0.5) is 17.1 Å². The zero-order valence-corrected chi connectivity index (χ0v) is 36.7. The maximum absolute atomic E-state index is 6.93. The molecule has 2 heteroatoms. The third-order valence-electron chi connectivity index (χ3n) is 13.9. The monoisotopic (exact) mass is 853 g/mol. The third kappa shape index (κ3) is 6.18. The zero-order valence-electron chi connectivity index (χ0n) is 36.7. The van der Waals surface area contributed by atoms with Gasteiger partial charge in [0.25, 0.3) is 0 Å². The minimum atomic E-state index is -0.549. The lowest BCUT2D eigenvalue weighted by Crippen LogP contribution is -2.28. The number of hydrogen-bond acceptors (Lipinski definition) is 2. The average Bonchev–Trinajstić information content (AvgIpc) is 3.93. The van der Waals surface area contributed by atoms with Crippen molar-refractivity contribution in [3.63, 3.8) is 0 Å². The molecule has 1 aliphatic carbocycles. The zero-order chi connectivity index (χ0) is 44.3. The third-order valence-corrected chi connectivity index (χ3v) is 13.9. The van der Waals surface area contributed by atoms with Gasteiger partial charge in [-0.15, -0.1) is 0 Å². The van der Waals surface area contributed by atoms with Gasteiger partial charge in [-0.3, -0.25) is 0 Å². The van der Waals surface area contributed by atoms with Crippen LogP contribution in [-0.2, 0) is 5.41 Å². The fraction of sp³-hybridized carbons (Fsp3) is 0.0154. The van der Waals surface area contributed by atoms with Crippen LogP contribution >= 0.6 is 0 Å². The Kier molecular flexibility index (Phi) is 9.11. The fourth-order valence-corrected chi connectivity index (χ4v) is 11.0. The number of anilines is 3. The molecule has 1 aliphatic rings. The SMILES string of the molecule is c1ccc(-c2cccc(-c3ccc(N(c4ccccc4-c4cccc5c4oc4cc6ccccc6cc45)c4cccc5c4-c4ccccc4C5(c4ccccc4)c4ccccc4)cc3)c2)cc1. The molecule has 0 saturated heterocycles. The first-order valence-corrected chi connectivity index (χ1v) is 23.1. The number of rotatable bonds is 8. The molecule has 0 amide bonds. The molecular formula is C65H43NO. The molecule has 11 aromatic carbocycles. The van der Waals surface area contributed by atoms with Crippen molar-refractivity contribution in [1.29, 1.82) is 0 Å². The second-order valence-electron chi connectivity index (χ2n) is 17.6. The highest BCUT2D eigenvalue weighted by Crippen LogP contribution is 2.60. The van der Waals surface area contributed by atoms with Crippen molar-refractivity contribution in [2.24, 2.45) is 0 Å². The van der Waals surface area contributed by atoms with Gasteiger partial charge >= 0.3 is 0 Å². The van der Waals surface area contributed by atoms with E-state index in [1.54, 1.807) is 0 Å². The van der Waals surface area contributed by atoms with Gasteiger partial charge in [0.05, 0.1) is 16.8 Å². The smallest absolute Gasteiger partial charge is 0.143 e. The lowest BCUT2D eigenvalue weighted by molar-refractivity contribution is 0.670. The Balaban J connectivity index is 1.06. The number of hydrogen-bond donors (Lipinski definition) is 0. The molecule has 314 valence electrons. The Bertz CT molecular complexity index is 3760. The average molecular weight is 854 g/mol. The summed E-state index contributed by atoms with van der Waals surface area (Å²) in [5.74, 6) is 0. The topological polar surface area (TPSA) is 16.4 Å². The quantitative estimate of drug-likeness (QED) is 0.151. The van der Waals surface area contributed by atoms with Crippen LogP contribution in [-0.4, -0.2) is 0 Å². The Morgan fingerprint density at radius 1 is 0.328 bits per heavy atom. The minimum Gasteiger partial charge on any atom is -0.455 e. The molecule has 12 aromatic rings. The van der Waals surface area contributed by atoms with Crippen molar-refractivity contribution in [1.82, 2.24) is 0 Å². The second-order valence-corrected chi connectivity index (χ2v) is 17.6. The van der Waals surface area contributed by atoms with E-state index in [9.17, 15) is 0 Å². The van der Waals surface area contributed by atoms with E-state index in [-0.39, 0.29) is 0 Å². The van der Waals surface area contributed by atoms with Crippen LogP contribution in [0.15, 0.2) is 265 Å². The molecule has 1 aromatic heterocycles. The van der Waals surface area contributed by atoms with Gasteiger partial charge in [0, 0.05) is 33.2 Å². The molecule has 0 unspecified atom stereocenters. The van der Waals surface area contributed by atoms with E-state index in [0.29, 0.717) is 0 Å². The summed E-state index contributed by atoms with van der Waals surface area (Å²) in [7, 11) is 0. The molecular weight excluding hydrogens is 811 g/mol. The molecule has 2 nitrogen and oxygen atoms in total. The van der Waals surface area contributed by atoms with Gasteiger partial charge in [-0.05, 0) is 103 Å². The lowest BCUT2D eigenvalue weighted by atomic mass is 9.68. The predicted molar refractivity (Wildman–Crippen MR) is 280 cm³/mol. The normalized spacial score (nSPS) is 12.6. The number of para-hydroxylation sites is 2. The van der Waals surface area contributed by atoms with Crippen LogP contribution < -0.4 is 4.90 Å². The summed E-state index contributed by atoms with van der Waals surface area (Å²) >= 11 is 0. The van der Waals surface area contributed by atoms with Crippen LogP contribution in [0.25, 0.3) is 77.2 Å². The minimum absolute atomic E-state index is 0.549. The first-order valence-electron chi connectivity index (χ1n) is 23.1. The van der Waals surface area contributed by atoms with Gasteiger partial charge < -0.3 is 9.32 Å². The first kappa shape index (κ1) is 38.7. The van der Waals surface area contributed by atoms with Crippen LogP contribution in [0.3, 0.4) is 0 Å². The highest BCUT2D eigenvalue weighted by Gasteiger charge is 2.47. The number of benzene rings is 11. The van der Waals surface area contributed by atoms with Crippen LogP contribution in [0.2, 0.25) is 0 Å². The Hall–Kier alpha value is -8.72. The summed E-state index contributed by atoms with van der Waals surface area (Å²) < 4.78 is 6.93. The maximum atomic E-state index is 6.93. The van der Waals surface area contributed by atoms with E-state index in [1.165, 1.54) is 55.5 Å². The molecule has 0 radical (unpaired) electrons. The Morgan fingerprint density at radius 2 is 0.851 bits per heavy atom. The molecule has 0 saturated carbocycles. The summed E-state index contributed by atoms with van der Waals surface area (Å²) in [4.78, 5) is 2.48. The van der Waals surface area contributed by atoms with E-state index in [1.807, 2.05) is 0 Å². The molecule has 0 fully saturated rings. The number of nitrogens with zero attached hydrogens (tertiary/aromatic N) is 1. The van der Waals surface area contributed by atoms with Crippen LogP contribution in [0, 0.1) is 0 Å². The van der Waals surface area contributed by atoms with Gasteiger partial charge in [-0.2, -0.15) is 0 Å². The fourth-order valence-electron chi connectivity index (χ4n) is 11.0. The highest BCUT2D eigenvalue weighted by molar-refractivity contribution is 6.14. The Morgan fingerprint density at radius 3 is 1.58 bits per heavy atom. The van der Waals surface area contributed by atoms with Gasteiger partial charge in [0.1, 0.15) is 11.2 Å². The van der Waals surface area contributed by atoms with E-state index >= 15 is 0 Å². The van der Waals surface area contributed by atoms with Crippen LogP contribution in [0.1, 0.15) is 22.3 Å². The molecule has 0 aliphatic heterocycles. The molecule has 0 N–H and O–H groups in total. The number of furan rings is 1. The molecule has 1 heterocycles. The van der Waals surface area contributed by atoms with E-state index < -0.39 is 5.41 Å². The summed E-state index contributed by atoms with van der Waals surface area (Å²) in [5, 5.41) is 4.59. The number of fused-ring (bicyclic) bond motifs is 7. The summed E-state index contributed by atoms with van der Waals surface area (Å²) in [6, 6.07) is 95.0. The predicted octanol–water partition coefficient (Wildman–Crippen LogP) is 17.6. The van der Waals surface area contributed by atoms with Crippen molar-refractivity contribution in [2.75, 3.05) is 4.90 Å². The summed E-state index contributed by atoms with van der Waals surface area (Å²) in [5.41, 5.74) is 18.7. The van der Waals surface area contributed by atoms with Crippen molar-refractivity contribution in [3.8, 4) is 44.5 Å². The van der Waals surface area contributed by atoms with Gasteiger partial charge in [0.15, 0.2) is 0 Å². The van der Waals surface area contributed by atoms with E-state index in [2.05, 4.69) is 266 Å². The molecule has 13 rings (SSSR count). The molecule has 0 spiro atoms. The first-order chi connectivity index (χ1) is 33.2. The molecule has 0 atom stereocenters. The standard InChI is InChI=1S/C65H43NO/c1-4-19-44(20-5-1)46-23-16-24-47(41-46)45-37-39-52(40-38-45)66(60-35-15-13-29-53(60)54-31-17-32-55-57-42-48-21-10-11-22-49(48)43-62(57)67-64(54)55)61-36-18-34-59-63(61)56-30-12-14-33-58(56)65(59,50-25-6-2-7-26-50)51-27-8-3-9-28-51/h1-43H. The molecule has 0 bridgehead atoms. The van der Waals surface area contributed by atoms with Gasteiger partial charge in [-0.25, -0.2) is 0 Å². The second kappa shape index (κ2) is 15.8. The van der Waals surface area contributed by atoms with Crippen molar-refractivity contribution in [3.05, 3.63) is 283 Å². The van der Waals surface area contributed by atoms with Crippen molar-refractivity contribution in [2.45, 2.75) is 5.41 Å². The van der Waals surface area contributed by atoms with Crippen molar-refractivity contribution >= 4 is 49.8 Å². The van der Waals surface area contributed by atoms with E-state index in [4.69, 9.17) is 4.42 Å². The maximum Gasteiger partial charge on any atom is 0.143 e. The largest absolute Gasteiger partial charge is 0.455 e. The van der Waals surface area contributed by atoms with Crippen molar-refractivity contribution < 1.29 is 4.42 Å². The Labute approximate surface area is 390 Å². The van der Waals surface area contributed by atoms with Crippen LogP contribution in [0.5, 0.6) is 0 Å². The molecule has 67 heavy (non-hydrogen) atoms. The van der Waals surface area contributed by atoms with Gasteiger partial charge in [0.2, 0.25) is 0 Å². The highest BCUT2D eigenvalue weighted by atomic mass is 16.3. The lowest BCUT2D eigenvalue weighted by Gasteiger charge is -2.34. The summed E-state index contributed by atoms with van der Waals surface area (Å²) in [6.07, 6.45) is 0.